The van der Waals surface area contributed by atoms with E-state index >= 15 is 0 Å². The molecule has 28 heavy (non-hydrogen) atoms. The predicted octanol–water partition coefficient (Wildman–Crippen LogP) is 2.47. The van der Waals surface area contributed by atoms with Gasteiger partial charge in [-0.15, -0.1) is 0 Å². The molecule has 3 rings (SSSR count). The molecule has 12 nitrogen and oxygen atoms in total. The lowest BCUT2D eigenvalue weighted by atomic mass is 10.2. The molecule has 148 valence electrons. The van der Waals surface area contributed by atoms with Crippen molar-refractivity contribution in [1.82, 2.24) is 10.2 Å². The van der Waals surface area contributed by atoms with Crippen LogP contribution in [0.3, 0.4) is 0 Å². The molecule has 0 radical (unpaired) electrons. The normalized spacial score (nSPS) is 13.0. The highest BCUT2D eigenvalue weighted by molar-refractivity contribution is 6.21. The molecule has 12 heteroatoms. The lowest BCUT2D eigenvalue weighted by molar-refractivity contribution is 0.125. The van der Waals surface area contributed by atoms with Gasteiger partial charge >= 0.3 is 24.2 Å². The topological polar surface area (TPSA) is 144 Å². The molecule has 0 bridgehead atoms. The summed E-state index contributed by atoms with van der Waals surface area (Å²) in [5.74, 6) is 0.459. The van der Waals surface area contributed by atoms with E-state index in [0.717, 1.165) is 16.9 Å². The number of fused-ring (bicyclic) bond motifs is 1. The van der Waals surface area contributed by atoms with Gasteiger partial charge in [-0.25, -0.2) is 29.0 Å². The second-order valence-electron chi connectivity index (χ2n) is 5.44. The Labute approximate surface area is 157 Å². The maximum absolute atomic E-state index is 12.8. The van der Waals surface area contributed by atoms with Crippen molar-refractivity contribution in [3.8, 4) is 0 Å². The molecule has 0 atom stereocenters. The number of methoxy groups -OCH3 is 2. The van der Waals surface area contributed by atoms with E-state index in [9.17, 15) is 19.2 Å². The van der Waals surface area contributed by atoms with E-state index in [4.69, 9.17) is 8.83 Å². The van der Waals surface area contributed by atoms with Gasteiger partial charge in [0.15, 0.2) is 0 Å². The number of ether oxygens (including phenoxy) is 2. The first kappa shape index (κ1) is 18.8. The molecule has 1 aliphatic heterocycles. The Bertz CT molecular complexity index is 917. The van der Waals surface area contributed by atoms with Crippen molar-refractivity contribution < 1.29 is 37.5 Å². The third-order valence-electron chi connectivity index (χ3n) is 3.85. The number of amides is 6. The van der Waals surface area contributed by atoms with Crippen LogP contribution in [0.25, 0.3) is 0 Å². The second-order valence-corrected chi connectivity index (χ2v) is 5.44. The highest BCUT2D eigenvalue weighted by atomic mass is 16.5. The van der Waals surface area contributed by atoms with Gasteiger partial charge in [0.1, 0.15) is 11.5 Å². The number of nitrogens with zero attached hydrogens (tertiary/aromatic N) is 2. The van der Waals surface area contributed by atoms with Gasteiger partial charge in [-0.3, -0.25) is 0 Å². The van der Waals surface area contributed by atoms with E-state index in [1.54, 1.807) is 0 Å². The smallest absolute Gasteiger partial charge is 0.418 e. The van der Waals surface area contributed by atoms with Gasteiger partial charge < -0.3 is 28.9 Å². The van der Waals surface area contributed by atoms with Crippen molar-refractivity contribution >= 4 is 35.6 Å². The molecule has 6 amide bonds. The fraction of sp³-hybridized carbons (Fsp3) is 0.250. The van der Waals surface area contributed by atoms with Crippen LogP contribution >= 0.6 is 0 Å². The van der Waals surface area contributed by atoms with Crippen LogP contribution in [-0.2, 0) is 22.6 Å². The molecule has 0 spiro atoms. The number of imide groups is 2. The monoisotopic (exact) mass is 392 g/mol. The SMILES string of the molecule is COC(=O)NCc1occc1NC(=O)N1C(=O)N(C(=O)OC)Cc2occc21. The third-order valence-corrected chi connectivity index (χ3v) is 3.85. The second kappa shape index (κ2) is 7.73. The number of carbonyl (C=O) groups is 4. The summed E-state index contributed by atoms with van der Waals surface area (Å²) >= 11 is 0. The van der Waals surface area contributed by atoms with Crippen molar-refractivity contribution in [3.63, 3.8) is 0 Å². The summed E-state index contributed by atoms with van der Waals surface area (Å²) in [5.41, 5.74) is 0.412. The van der Waals surface area contributed by atoms with E-state index in [2.05, 4.69) is 20.1 Å². The van der Waals surface area contributed by atoms with Crippen LogP contribution in [0.2, 0.25) is 0 Å². The summed E-state index contributed by atoms with van der Waals surface area (Å²) in [5, 5.41) is 4.91. The maximum atomic E-state index is 12.8. The van der Waals surface area contributed by atoms with E-state index < -0.39 is 24.2 Å². The first-order valence-electron chi connectivity index (χ1n) is 7.91. The fourth-order valence-corrected chi connectivity index (χ4v) is 2.52. The number of anilines is 2. The predicted molar refractivity (Wildman–Crippen MR) is 91.5 cm³/mol. The highest BCUT2D eigenvalue weighted by Crippen LogP contribution is 2.31. The van der Waals surface area contributed by atoms with Crippen LogP contribution in [0.1, 0.15) is 11.5 Å². The average Bonchev–Trinajstić information content (AvgIpc) is 3.33. The molecule has 3 heterocycles. The molecule has 0 saturated heterocycles. The molecule has 0 saturated carbocycles. The zero-order valence-corrected chi connectivity index (χ0v) is 14.9. The summed E-state index contributed by atoms with van der Waals surface area (Å²) in [7, 11) is 2.32. The van der Waals surface area contributed by atoms with Gasteiger partial charge in [-0.1, -0.05) is 0 Å². The number of hydrogen-bond donors (Lipinski definition) is 2. The Hall–Kier alpha value is -3.96. The number of furan rings is 2. The van der Waals surface area contributed by atoms with Crippen molar-refractivity contribution in [2.75, 3.05) is 24.4 Å². The Morgan fingerprint density at radius 3 is 2.61 bits per heavy atom. The molecule has 2 aromatic rings. The maximum Gasteiger partial charge on any atom is 0.418 e. The molecule has 0 fully saturated rings. The average molecular weight is 392 g/mol. The van der Waals surface area contributed by atoms with E-state index in [-0.39, 0.29) is 36.0 Å². The van der Waals surface area contributed by atoms with Gasteiger partial charge in [0, 0.05) is 12.1 Å². The lowest BCUT2D eigenvalue weighted by Gasteiger charge is -2.30. The summed E-state index contributed by atoms with van der Waals surface area (Å²) < 4.78 is 19.5. The molecular weight excluding hydrogens is 376 g/mol. The van der Waals surface area contributed by atoms with Crippen molar-refractivity contribution in [3.05, 3.63) is 36.2 Å². The minimum absolute atomic E-state index is 0.0610. The Kier molecular flexibility index (Phi) is 5.20. The van der Waals surface area contributed by atoms with Crippen LogP contribution in [0, 0.1) is 0 Å². The molecule has 0 unspecified atom stereocenters. The van der Waals surface area contributed by atoms with E-state index in [0.29, 0.717) is 0 Å². The van der Waals surface area contributed by atoms with Gasteiger partial charge in [0.2, 0.25) is 0 Å². The number of nitrogens with one attached hydrogen (secondary N) is 2. The standard InChI is InChI=1S/C16H16N4O8/c1-25-14(22)17-7-11-9(3-5-27-11)18-13(21)20-10-4-6-28-12(10)8-19(15(20)23)16(24)26-2/h3-6H,7-8H2,1-2H3,(H,17,22)(H,18,21). The molecule has 0 aliphatic carbocycles. The minimum Gasteiger partial charge on any atom is -0.465 e. The van der Waals surface area contributed by atoms with E-state index in [1.165, 1.54) is 31.8 Å². The fourth-order valence-electron chi connectivity index (χ4n) is 2.52. The number of urea groups is 2. The van der Waals surface area contributed by atoms with Gasteiger partial charge in [-0.05, 0) is 0 Å². The first-order valence-corrected chi connectivity index (χ1v) is 7.91. The zero-order chi connectivity index (χ0) is 20.3. The van der Waals surface area contributed by atoms with Crippen molar-refractivity contribution in [1.29, 1.82) is 0 Å². The minimum atomic E-state index is -0.934. The van der Waals surface area contributed by atoms with Crippen LogP contribution in [0.5, 0.6) is 0 Å². The van der Waals surface area contributed by atoms with Crippen LogP contribution in [0.15, 0.2) is 33.5 Å². The highest BCUT2D eigenvalue weighted by Gasteiger charge is 2.40. The molecule has 1 aliphatic rings. The molecule has 0 aromatic carbocycles. The van der Waals surface area contributed by atoms with Crippen LogP contribution in [-0.4, -0.2) is 43.4 Å². The Balaban J connectivity index is 1.81. The summed E-state index contributed by atoms with van der Waals surface area (Å²) in [4.78, 5) is 49.9. The lowest BCUT2D eigenvalue weighted by Crippen LogP contribution is -2.53. The molecule has 2 aromatic heterocycles. The van der Waals surface area contributed by atoms with Crippen LogP contribution in [0.4, 0.5) is 30.6 Å². The number of carbonyl (C=O) groups excluding carboxylic acids is 4. The van der Waals surface area contributed by atoms with Crippen LogP contribution < -0.4 is 15.5 Å². The number of alkyl carbamates (subject to hydrolysis) is 1. The third kappa shape index (κ3) is 3.47. The summed E-state index contributed by atoms with van der Waals surface area (Å²) in [6.07, 6.45) is 0.974. The summed E-state index contributed by atoms with van der Waals surface area (Å²) in [6.45, 7) is -0.230. The first-order chi connectivity index (χ1) is 13.5. The molecular formula is C16H16N4O8. The van der Waals surface area contributed by atoms with Gasteiger partial charge in [0.25, 0.3) is 0 Å². The van der Waals surface area contributed by atoms with Crippen molar-refractivity contribution in [2.45, 2.75) is 13.1 Å². The Morgan fingerprint density at radius 1 is 1.14 bits per heavy atom. The molecule has 2 N–H and O–H groups in total. The van der Waals surface area contributed by atoms with Gasteiger partial charge in [-0.2, -0.15) is 0 Å². The Morgan fingerprint density at radius 2 is 1.89 bits per heavy atom. The van der Waals surface area contributed by atoms with E-state index in [1.807, 2.05) is 0 Å². The van der Waals surface area contributed by atoms with Gasteiger partial charge in [0.05, 0.1) is 51.2 Å². The largest absolute Gasteiger partial charge is 0.465 e. The van der Waals surface area contributed by atoms with Crippen molar-refractivity contribution in [2.24, 2.45) is 0 Å². The number of rotatable bonds is 3. The summed E-state index contributed by atoms with van der Waals surface area (Å²) in [6, 6.07) is 1.10. The zero-order valence-electron chi connectivity index (χ0n) is 14.9. The number of hydrogen-bond acceptors (Lipinski definition) is 8. The quantitative estimate of drug-likeness (QED) is 0.811.